The highest BCUT2D eigenvalue weighted by molar-refractivity contribution is 6.06. The first-order chi connectivity index (χ1) is 12.8. The van der Waals surface area contributed by atoms with Crippen molar-refractivity contribution < 1.29 is 18.0 Å². The van der Waals surface area contributed by atoms with Crippen molar-refractivity contribution in [3.63, 3.8) is 0 Å². The van der Waals surface area contributed by atoms with Gasteiger partial charge in [-0.3, -0.25) is 4.79 Å². The average Bonchev–Trinajstić information content (AvgIpc) is 2.64. The average molecular weight is 377 g/mol. The fourth-order valence-electron chi connectivity index (χ4n) is 3.07. The molecule has 27 heavy (non-hydrogen) atoms. The van der Waals surface area contributed by atoms with Gasteiger partial charge in [-0.2, -0.15) is 13.2 Å². The highest BCUT2D eigenvalue weighted by Crippen LogP contribution is 2.35. The van der Waals surface area contributed by atoms with Gasteiger partial charge in [0.25, 0.3) is 5.91 Å². The number of nitrogens with zero attached hydrogens (tertiary/aromatic N) is 1. The van der Waals surface area contributed by atoms with E-state index in [0.717, 1.165) is 36.3 Å². The third kappa shape index (κ3) is 4.42. The molecule has 0 spiro atoms. The molecule has 7 heteroatoms. The number of carbonyl (C=O) groups is 1. The maximum Gasteiger partial charge on any atom is 0.416 e. The molecular weight excluding hydrogens is 355 g/mol. The molecule has 2 aromatic rings. The number of anilines is 2. The van der Waals surface area contributed by atoms with Crippen molar-refractivity contribution in [1.29, 1.82) is 0 Å². The number of halogens is 3. The summed E-state index contributed by atoms with van der Waals surface area (Å²) in [5, 5.41) is 5.89. The largest absolute Gasteiger partial charge is 0.416 e. The summed E-state index contributed by atoms with van der Waals surface area (Å²) in [6.07, 6.45) is -4.47. The Morgan fingerprint density at radius 2 is 1.74 bits per heavy atom. The first-order valence-electron chi connectivity index (χ1n) is 8.81. The van der Waals surface area contributed by atoms with E-state index >= 15 is 0 Å². The van der Waals surface area contributed by atoms with Crippen LogP contribution in [0.3, 0.4) is 0 Å². The number of nitrogens with one attached hydrogen (secondary N) is 2. The highest BCUT2D eigenvalue weighted by atomic mass is 19.4. The van der Waals surface area contributed by atoms with Gasteiger partial charge in [-0.05, 0) is 55.3 Å². The normalized spacial score (nSPS) is 14.9. The van der Waals surface area contributed by atoms with E-state index in [1.165, 1.54) is 6.07 Å². The number of aryl methyl sites for hydroxylation is 2. The summed E-state index contributed by atoms with van der Waals surface area (Å²) >= 11 is 0. The van der Waals surface area contributed by atoms with Crippen molar-refractivity contribution >= 4 is 17.3 Å². The van der Waals surface area contributed by atoms with E-state index in [4.69, 9.17) is 0 Å². The summed E-state index contributed by atoms with van der Waals surface area (Å²) < 4.78 is 39.5. The predicted octanol–water partition coefficient (Wildman–Crippen LogP) is 3.98. The topological polar surface area (TPSA) is 44.4 Å². The SMILES string of the molecule is Cc1ccc(C(=O)Nc2cc(C(F)(F)F)ccc2N2CCNCC2)cc1C. The van der Waals surface area contributed by atoms with Gasteiger partial charge in [0, 0.05) is 31.7 Å². The Labute approximate surface area is 156 Å². The van der Waals surface area contributed by atoms with E-state index in [1.54, 1.807) is 12.1 Å². The van der Waals surface area contributed by atoms with Crippen molar-refractivity contribution in [3.05, 3.63) is 58.7 Å². The van der Waals surface area contributed by atoms with E-state index in [9.17, 15) is 18.0 Å². The second-order valence-electron chi connectivity index (χ2n) is 6.72. The molecule has 3 rings (SSSR count). The number of hydrogen-bond acceptors (Lipinski definition) is 3. The Morgan fingerprint density at radius 3 is 2.37 bits per heavy atom. The van der Waals surface area contributed by atoms with Crippen molar-refractivity contribution in [2.24, 2.45) is 0 Å². The molecule has 0 saturated carbocycles. The Morgan fingerprint density at radius 1 is 1.04 bits per heavy atom. The van der Waals surface area contributed by atoms with Crippen LogP contribution in [0.5, 0.6) is 0 Å². The van der Waals surface area contributed by atoms with Crippen LogP contribution in [0.2, 0.25) is 0 Å². The van der Waals surface area contributed by atoms with Gasteiger partial charge in [0.05, 0.1) is 16.9 Å². The van der Waals surface area contributed by atoms with Crippen molar-refractivity contribution in [2.45, 2.75) is 20.0 Å². The lowest BCUT2D eigenvalue weighted by Crippen LogP contribution is -2.43. The molecule has 1 amide bonds. The molecular formula is C20H22F3N3O. The summed E-state index contributed by atoms with van der Waals surface area (Å²) in [7, 11) is 0. The van der Waals surface area contributed by atoms with Crippen LogP contribution in [0.25, 0.3) is 0 Å². The number of hydrogen-bond donors (Lipinski definition) is 2. The maximum atomic E-state index is 13.2. The quantitative estimate of drug-likeness (QED) is 0.850. The molecule has 4 nitrogen and oxygen atoms in total. The Hall–Kier alpha value is -2.54. The first kappa shape index (κ1) is 19.2. The number of alkyl halides is 3. The predicted molar refractivity (Wildman–Crippen MR) is 100 cm³/mol. The maximum absolute atomic E-state index is 13.2. The lowest BCUT2D eigenvalue weighted by atomic mass is 10.1. The molecule has 1 aliphatic rings. The van der Waals surface area contributed by atoms with Gasteiger partial charge < -0.3 is 15.5 Å². The van der Waals surface area contributed by atoms with Gasteiger partial charge in [0.15, 0.2) is 0 Å². The van der Waals surface area contributed by atoms with Crippen LogP contribution in [-0.4, -0.2) is 32.1 Å². The molecule has 0 bridgehead atoms. The van der Waals surface area contributed by atoms with Crippen LogP contribution in [0.15, 0.2) is 36.4 Å². The smallest absolute Gasteiger partial charge is 0.367 e. The molecule has 0 aliphatic carbocycles. The molecule has 0 unspecified atom stereocenters. The van der Waals surface area contributed by atoms with Crippen LogP contribution < -0.4 is 15.5 Å². The molecule has 1 fully saturated rings. The summed E-state index contributed by atoms with van der Waals surface area (Å²) in [5.41, 5.74) is 2.41. The van der Waals surface area contributed by atoms with Gasteiger partial charge in [0.2, 0.25) is 0 Å². The summed E-state index contributed by atoms with van der Waals surface area (Å²) in [4.78, 5) is 14.6. The zero-order valence-electron chi connectivity index (χ0n) is 15.3. The number of benzene rings is 2. The highest BCUT2D eigenvalue weighted by Gasteiger charge is 2.32. The van der Waals surface area contributed by atoms with Crippen LogP contribution >= 0.6 is 0 Å². The lowest BCUT2D eigenvalue weighted by molar-refractivity contribution is -0.137. The summed E-state index contributed by atoms with van der Waals surface area (Å²) in [6.45, 7) is 6.64. The second-order valence-corrected chi connectivity index (χ2v) is 6.72. The zero-order valence-corrected chi connectivity index (χ0v) is 15.3. The Balaban J connectivity index is 1.94. The van der Waals surface area contributed by atoms with Gasteiger partial charge in [-0.1, -0.05) is 6.07 Å². The summed E-state index contributed by atoms with van der Waals surface area (Å²) in [5.74, 6) is -0.422. The van der Waals surface area contributed by atoms with E-state index in [1.807, 2.05) is 24.8 Å². The van der Waals surface area contributed by atoms with E-state index in [0.29, 0.717) is 24.3 Å². The third-order valence-electron chi connectivity index (χ3n) is 4.80. The first-order valence-corrected chi connectivity index (χ1v) is 8.81. The molecule has 2 aromatic carbocycles. The van der Waals surface area contributed by atoms with E-state index in [-0.39, 0.29) is 5.69 Å². The number of amides is 1. The molecule has 1 heterocycles. The van der Waals surface area contributed by atoms with E-state index in [2.05, 4.69) is 10.6 Å². The van der Waals surface area contributed by atoms with Gasteiger partial charge >= 0.3 is 6.18 Å². The van der Waals surface area contributed by atoms with Gasteiger partial charge in [-0.25, -0.2) is 0 Å². The minimum Gasteiger partial charge on any atom is -0.367 e. The van der Waals surface area contributed by atoms with Crippen LogP contribution in [0.4, 0.5) is 24.5 Å². The fourth-order valence-corrected chi connectivity index (χ4v) is 3.07. The monoisotopic (exact) mass is 377 g/mol. The molecule has 0 aromatic heterocycles. The second kappa shape index (κ2) is 7.60. The third-order valence-corrected chi connectivity index (χ3v) is 4.80. The van der Waals surface area contributed by atoms with Crippen LogP contribution in [0.1, 0.15) is 27.0 Å². The van der Waals surface area contributed by atoms with Gasteiger partial charge in [-0.15, -0.1) is 0 Å². The Bertz CT molecular complexity index is 843. The molecule has 2 N–H and O–H groups in total. The number of rotatable bonds is 3. The molecule has 1 saturated heterocycles. The summed E-state index contributed by atoms with van der Waals surface area (Å²) in [6, 6.07) is 8.75. The number of piperazine rings is 1. The minimum atomic E-state index is -4.47. The lowest BCUT2D eigenvalue weighted by Gasteiger charge is -2.31. The number of carbonyl (C=O) groups excluding carboxylic acids is 1. The zero-order chi connectivity index (χ0) is 19.6. The molecule has 0 atom stereocenters. The standard InChI is InChI=1S/C20H22F3N3O/c1-13-3-4-15(11-14(13)2)19(27)25-17-12-16(20(21,22)23)5-6-18(17)26-9-7-24-8-10-26/h3-6,11-12,24H,7-10H2,1-2H3,(H,25,27). The fraction of sp³-hybridized carbons (Fsp3) is 0.350. The van der Waals surface area contributed by atoms with Gasteiger partial charge in [0.1, 0.15) is 0 Å². The van der Waals surface area contributed by atoms with Crippen LogP contribution in [-0.2, 0) is 6.18 Å². The van der Waals surface area contributed by atoms with Crippen molar-refractivity contribution in [2.75, 3.05) is 36.4 Å². The molecule has 144 valence electrons. The minimum absolute atomic E-state index is 0.176. The molecule has 0 radical (unpaired) electrons. The van der Waals surface area contributed by atoms with E-state index < -0.39 is 17.6 Å². The van der Waals surface area contributed by atoms with Crippen molar-refractivity contribution in [3.8, 4) is 0 Å². The van der Waals surface area contributed by atoms with Crippen molar-refractivity contribution in [1.82, 2.24) is 5.32 Å². The molecule has 1 aliphatic heterocycles. The Kier molecular flexibility index (Phi) is 5.41. The van der Waals surface area contributed by atoms with Crippen LogP contribution in [0, 0.1) is 13.8 Å².